The molecule has 2 heterocycles. The van der Waals surface area contributed by atoms with Crippen molar-refractivity contribution in [2.24, 2.45) is 0 Å². The Hall–Kier alpha value is -1.95. The van der Waals surface area contributed by atoms with E-state index >= 15 is 0 Å². The van der Waals surface area contributed by atoms with Gasteiger partial charge in [0.25, 0.3) is 0 Å². The number of amides is 2. The number of nitrogens with zero attached hydrogens (tertiary/aromatic N) is 1. The molecule has 1 aromatic heterocycles. The van der Waals surface area contributed by atoms with Crippen LogP contribution >= 0.6 is 11.3 Å². The SMILES string of the molecule is N#Cc1c(NC(=O)C(=O)NCC[NH+]2CCOCC2)sc2c1CCC2. The van der Waals surface area contributed by atoms with Gasteiger partial charge in [-0.1, -0.05) is 0 Å². The Morgan fingerprint density at radius 2 is 2.04 bits per heavy atom. The number of thiophene rings is 1. The molecule has 2 aliphatic rings. The smallest absolute Gasteiger partial charge is 0.314 e. The highest BCUT2D eigenvalue weighted by Crippen LogP contribution is 2.38. The molecule has 0 radical (unpaired) electrons. The Bertz CT molecular complexity index is 674. The van der Waals surface area contributed by atoms with E-state index in [0.29, 0.717) is 17.1 Å². The first kappa shape index (κ1) is 16.9. The van der Waals surface area contributed by atoms with E-state index in [1.54, 1.807) is 0 Å². The summed E-state index contributed by atoms with van der Waals surface area (Å²) >= 11 is 1.41. The quantitative estimate of drug-likeness (QED) is 0.613. The fourth-order valence-corrected chi connectivity index (χ4v) is 4.35. The summed E-state index contributed by atoms with van der Waals surface area (Å²) in [7, 11) is 0. The average Bonchev–Trinajstić information content (AvgIpc) is 3.16. The van der Waals surface area contributed by atoms with Crippen LogP contribution in [0.5, 0.6) is 0 Å². The summed E-state index contributed by atoms with van der Waals surface area (Å²) in [5, 5.41) is 15.0. The first-order valence-electron chi connectivity index (χ1n) is 8.24. The summed E-state index contributed by atoms with van der Waals surface area (Å²) in [5.74, 6) is -1.36. The molecule has 8 heteroatoms. The number of hydrogen-bond donors (Lipinski definition) is 3. The summed E-state index contributed by atoms with van der Waals surface area (Å²) in [6.45, 7) is 4.56. The minimum absolute atomic E-state index is 0.452. The third kappa shape index (κ3) is 3.75. The Morgan fingerprint density at radius 1 is 1.25 bits per heavy atom. The molecule has 0 atom stereocenters. The highest BCUT2D eigenvalue weighted by molar-refractivity contribution is 7.16. The Kier molecular flexibility index (Phi) is 5.45. The molecule has 1 aliphatic carbocycles. The molecule has 1 aromatic rings. The number of rotatable bonds is 4. The van der Waals surface area contributed by atoms with Crippen LogP contribution in [0.3, 0.4) is 0 Å². The Morgan fingerprint density at radius 3 is 2.79 bits per heavy atom. The minimum atomic E-state index is -0.705. The lowest BCUT2D eigenvalue weighted by molar-refractivity contribution is -0.906. The molecule has 0 spiro atoms. The molecular formula is C16H21N4O3S+. The molecule has 1 saturated heterocycles. The number of nitriles is 1. The lowest BCUT2D eigenvalue weighted by atomic mass is 10.1. The van der Waals surface area contributed by atoms with Gasteiger partial charge in [0.05, 0.1) is 31.9 Å². The van der Waals surface area contributed by atoms with Crippen LogP contribution in [0.25, 0.3) is 0 Å². The average molecular weight is 349 g/mol. The maximum atomic E-state index is 12.0. The van der Waals surface area contributed by atoms with Crippen LogP contribution in [0.4, 0.5) is 5.00 Å². The van der Waals surface area contributed by atoms with Crippen molar-refractivity contribution in [3.63, 3.8) is 0 Å². The van der Waals surface area contributed by atoms with Gasteiger partial charge >= 0.3 is 11.8 Å². The second kappa shape index (κ2) is 7.75. The first-order valence-corrected chi connectivity index (χ1v) is 9.06. The molecule has 0 aromatic carbocycles. The summed E-state index contributed by atoms with van der Waals surface area (Å²) in [6, 6.07) is 2.16. The van der Waals surface area contributed by atoms with E-state index in [0.717, 1.165) is 62.6 Å². The van der Waals surface area contributed by atoms with E-state index in [9.17, 15) is 14.9 Å². The number of anilines is 1. The fourth-order valence-electron chi connectivity index (χ4n) is 3.11. The highest BCUT2D eigenvalue weighted by atomic mass is 32.1. The van der Waals surface area contributed by atoms with Gasteiger partial charge in [0, 0.05) is 4.88 Å². The van der Waals surface area contributed by atoms with E-state index in [4.69, 9.17) is 4.74 Å². The number of nitrogens with one attached hydrogen (secondary N) is 3. The number of aryl methyl sites for hydroxylation is 1. The molecule has 7 nitrogen and oxygen atoms in total. The molecule has 2 amide bonds. The van der Waals surface area contributed by atoms with Crippen molar-refractivity contribution < 1.29 is 19.2 Å². The maximum Gasteiger partial charge on any atom is 0.314 e. The van der Waals surface area contributed by atoms with Crippen molar-refractivity contribution in [3.05, 3.63) is 16.0 Å². The fraction of sp³-hybridized carbons (Fsp3) is 0.562. The molecule has 0 unspecified atom stereocenters. The molecule has 0 saturated carbocycles. The zero-order valence-electron chi connectivity index (χ0n) is 13.4. The van der Waals surface area contributed by atoms with Gasteiger partial charge in [-0.3, -0.25) is 9.59 Å². The monoisotopic (exact) mass is 349 g/mol. The first-order chi connectivity index (χ1) is 11.7. The molecule has 0 bridgehead atoms. The van der Waals surface area contributed by atoms with Crippen LogP contribution in [-0.4, -0.2) is 51.2 Å². The van der Waals surface area contributed by atoms with Crippen molar-refractivity contribution >= 4 is 28.2 Å². The van der Waals surface area contributed by atoms with Gasteiger partial charge in [-0.15, -0.1) is 11.3 Å². The molecule has 3 N–H and O–H groups in total. The van der Waals surface area contributed by atoms with Gasteiger partial charge in [-0.05, 0) is 24.8 Å². The van der Waals surface area contributed by atoms with Crippen molar-refractivity contribution in [1.29, 1.82) is 5.26 Å². The summed E-state index contributed by atoms with van der Waals surface area (Å²) < 4.78 is 5.28. The van der Waals surface area contributed by atoms with E-state index in [1.807, 2.05) is 0 Å². The summed E-state index contributed by atoms with van der Waals surface area (Å²) in [6.07, 6.45) is 2.87. The standard InChI is InChI=1S/C16H20N4O3S/c17-10-12-11-2-1-3-13(11)24-16(12)19-15(22)14(21)18-4-5-20-6-8-23-9-7-20/h1-9H2,(H,18,21)(H,19,22)/p+1. The van der Waals surface area contributed by atoms with Gasteiger partial charge < -0.3 is 20.3 Å². The number of fused-ring (bicyclic) bond motifs is 1. The highest BCUT2D eigenvalue weighted by Gasteiger charge is 2.24. The van der Waals surface area contributed by atoms with E-state index in [2.05, 4.69) is 16.7 Å². The zero-order valence-corrected chi connectivity index (χ0v) is 14.3. The minimum Gasteiger partial charge on any atom is -0.370 e. The van der Waals surface area contributed by atoms with Crippen molar-refractivity contribution in [3.8, 4) is 6.07 Å². The normalized spacial score (nSPS) is 17.1. The van der Waals surface area contributed by atoms with Crippen LogP contribution in [0.15, 0.2) is 0 Å². The van der Waals surface area contributed by atoms with Crippen molar-refractivity contribution in [2.45, 2.75) is 19.3 Å². The maximum absolute atomic E-state index is 12.0. The number of carbonyl (C=O) groups excluding carboxylic acids is 2. The van der Waals surface area contributed by atoms with Crippen LogP contribution in [0, 0.1) is 11.3 Å². The molecule has 3 rings (SSSR count). The van der Waals surface area contributed by atoms with Crippen molar-refractivity contribution in [1.82, 2.24) is 5.32 Å². The number of quaternary nitrogens is 1. The second-order valence-corrected chi connectivity index (χ2v) is 7.10. The number of carbonyl (C=O) groups is 2. The van der Waals surface area contributed by atoms with E-state index in [-0.39, 0.29) is 0 Å². The van der Waals surface area contributed by atoms with Gasteiger partial charge in [0.1, 0.15) is 24.2 Å². The lowest BCUT2D eigenvalue weighted by Gasteiger charge is -2.23. The van der Waals surface area contributed by atoms with Crippen LogP contribution in [-0.2, 0) is 27.2 Å². The molecule has 128 valence electrons. The molecule has 1 fully saturated rings. The second-order valence-electron chi connectivity index (χ2n) is 6.00. The van der Waals surface area contributed by atoms with E-state index < -0.39 is 11.8 Å². The number of hydrogen-bond acceptors (Lipinski definition) is 5. The largest absolute Gasteiger partial charge is 0.370 e. The zero-order chi connectivity index (χ0) is 16.9. The lowest BCUT2D eigenvalue weighted by Crippen LogP contribution is -3.14. The van der Waals surface area contributed by atoms with Crippen LogP contribution in [0.1, 0.15) is 22.4 Å². The summed E-state index contributed by atoms with van der Waals surface area (Å²) in [4.78, 5) is 26.5. The molecular weight excluding hydrogens is 328 g/mol. The van der Waals surface area contributed by atoms with Crippen LogP contribution < -0.4 is 15.5 Å². The van der Waals surface area contributed by atoms with Gasteiger partial charge in [0.15, 0.2) is 0 Å². The van der Waals surface area contributed by atoms with Gasteiger partial charge in [-0.2, -0.15) is 5.26 Å². The topological polar surface area (TPSA) is 95.7 Å². The molecule has 24 heavy (non-hydrogen) atoms. The van der Waals surface area contributed by atoms with Gasteiger partial charge in [0.2, 0.25) is 0 Å². The number of morpholine rings is 1. The van der Waals surface area contributed by atoms with Gasteiger partial charge in [-0.25, -0.2) is 0 Å². The Labute approximate surface area is 144 Å². The molecule has 1 aliphatic heterocycles. The number of ether oxygens (including phenoxy) is 1. The predicted octanol–water partition coefficient (Wildman–Crippen LogP) is -0.922. The summed E-state index contributed by atoms with van der Waals surface area (Å²) in [5.41, 5.74) is 1.56. The Balaban J connectivity index is 1.49. The third-order valence-electron chi connectivity index (χ3n) is 4.43. The third-order valence-corrected chi connectivity index (χ3v) is 5.64. The van der Waals surface area contributed by atoms with Crippen LogP contribution in [0.2, 0.25) is 0 Å². The van der Waals surface area contributed by atoms with Crippen molar-refractivity contribution in [2.75, 3.05) is 44.7 Å². The predicted molar refractivity (Wildman–Crippen MR) is 89.1 cm³/mol. The van der Waals surface area contributed by atoms with E-state index in [1.165, 1.54) is 16.2 Å².